The quantitative estimate of drug-likeness (QED) is 0.643. The van der Waals surface area contributed by atoms with E-state index in [1.807, 2.05) is 18.7 Å². The van der Waals surface area contributed by atoms with E-state index in [9.17, 15) is 8.78 Å². The van der Waals surface area contributed by atoms with E-state index < -0.39 is 11.6 Å². The summed E-state index contributed by atoms with van der Waals surface area (Å²) in [6, 6.07) is 3.85. The molecule has 2 rings (SSSR count). The molecule has 2 atom stereocenters. The number of aliphatic imine (C=N–C) groups is 1. The molecule has 0 amide bonds. The molecule has 6 heteroatoms. The summed E-state index contributed by atoms with van der Waals surface area (Å²) >= 11 is 1.90. The van der Waals surface area contributed by atoms with Gasteiger partial charge >= 0.3 is 0 Å². The van der Waals surface area contributed by atoms with Crippen LogP contribution < -0.4 is 10.6 Å². The molecule has 3 nitrogen and oxygen atoms in total. The van der Waals surface area contributed by atoms with Crippen molar-refractivity contribution in [2.24, 2.45) is 4.99 Å². The van der Waals surface area contributed by atoms with Gasteiger partial charge in [-0.25, -0.2) is 13.8 Å². The Morgan fingerprint density at radius 3 is 2.86 bits per heavy atom. The number of thioether (sulfide) groups is 1. The predicted octanol–water partition coefficient (Wildman–Crippen LogP) is 3.30. The molecule has 0 bridgehead atoms. The van der Waals surface area contributed by atoms with Crippen molar-refractivity contribution in [1.82, 2.24) is 10.6 Å². The average molecular weight is 327 g/mol. The highest BCUT2D eigenvalue weighted by molar-refractivity contribution is 7.99. The lowest BCUT2D eigenvalue weighted by atomic mass is 10.2. The minimum atomic E-state index is -0.442. The van der Waals surface area contributed by atoms with Gasteiger partial charge in [-0.3, -0.25) is 0 Å². The molecular formula is C16H23F2N3S. The Kier molecular flexibility index (Phi) is 6.49. The molecule has 22 heavy (non-hydrogen) atoms. The summed E-state index contributed by atoms with van der Waals surface area (Å²) in [5, 5.41) is 7.25. The third kappa shape index (κ3) is 4.87. The highest BCUT2D eigenvalue weighted by Gasteiger charge is 2.24. The van der Waals surface area contributed by atoms with Gasteiger partial charge in [0.1, 0.15) is 11.6 Å². The van der Waals surface area contributed by atoms with E-state index in [0.717, 1.165) is 31.5 Å². The molecule has 0 radical (unpaired) electrons. The van der Waals surface area contributed by atoms with E-state index in [4.69, 9.17) is 0 Å². The van der Waals surface area contributed by atoms with E-state index in [0.29, 0.717) is 17.3 Å². The Morgan fingerprint density at radius 1 is 1.36 bits per heavy atom. The lowest BCUT2D eigenvalue weighted by molar-refractivity contribution is 0.584. The van der Waals surface area contributed by atoms with Crippen molar-refractivity contribution in [1.29, 1.82) is 0 Å². The van der Waals surface area contributed by atoms with Crippen LogP contribution in [0.2, 0.25) is 0 Å². The molecule has 0 aromatic heterocycles. The fourth-order valence-corrected chi connectivity index (χ4v) is 3.42. The lowest BCUT2D eigenvalue weighted by Crippen LogP contribution is -2.42. The Morgan fingerprint density at radius 2 is 2.18 bits per heavy atom. The van der Waals surface area contributed by atoms with Crippen LogP contribution in [-0.2, 0) is 6.54 Å². The lowest BCUT2D eigenvalue weighted by Gasteiger charge is -2.17. The van der Waals surface area contributed by atoms with Crippen molar-refractivity contribution in [2.75, 3.05) is 12.8 Å². The fourth-order valence-electron chi connectivity index (χ4n) is 2.63. The van der Waals surface area contributed by atoms with Crippen LogP contribution in [0.4, 0.5) is 8.78 Å². The molecule has 122 valence electrons. The van der Waals surface area contributed by atoms with Crippen LogP contribution in [0.15, 0.2) is 23.2 Å². The van der Waals surface area contributed by atoms with Gasteiger partial charge in [-0.2, -0.15) is 11.8 Å². The molecule has 2 N–H and O–H groups in total. The molecule has 0 saturated heterocycles. The second-order valence-corrected chi connectivity index (χ2v) is 6.58. The first kappa shape index (κ1) is 17.1. The van der Waals surface area contributed by atoms with Crippen LogP contribution in [0.5, 0.6) is 0 Å². The average Bonchev–Trinajstić information content (AvgIpc) is 2.96. The minimum Gasteiger partial charge on any atom is -0.357 e. The van der Waals surface area contributed by atoms with E-state index >= 15 is 0 Å². The summed E-state index contributed by atoms with van der Waals surface area (Å²) in [6.45, 7) is 2.84. The third-order valence-corrected chi connectivity index (χ3v) is 4.91. The van der Waals surface area contributed by atoms with Crippen molar-refractivity contribution >= 4 is 17.7 Å². The highest BCUT2D eigenvalue weighted by atomic mass is 32.2. The first-order chi connectivity index (χ1) is 10.6. The Hall–Kier alpha value is -1.30. The summed E-state index contributed by atoms with van der Waals surface area (Å²) < 4.78 is 26.8. The maximum atomic E-state index is 13.6. The smallest absolute Gasteiger partial charge is 0.191 e. The molecule has 0 spiro atoms. The van der Waals surface area contributed by atoms with Crippen LogP contribution >= 0.6 is 11.8 Å². The minimum absolute atomic E-state index is 0.123. The number of halogens is 2. The van der Waals surface area contributed by atoms with Crippen LogP contribution in [0.1, 0.15) is 31.7 Å². The SMILES string of the molecule is CCNC(=NCc1cc(F)ccc1F)NC1CCC(SC)C1. The Bertz CT molecular complexity index is 522. The van der Waals surface area contributed by atoms with Gasteiger partial charge in [-0.15, -0.1) is 0 Å². The molecule has 1 saturated carbocycles. The highest BCUT2D eigenvalue weighted by Crippen LogP contribution is 2.28. The molecule has 0 heterocycles. The number of hydrogen-bond donors (Lipinski definition) is 2. The molecule has 1 aliphatic carbocycles. The Labute approximate surface area is 135 Å². The number of rotatable bonds is 5. The molecule has 2 unspecified atom stereocenters. The van der Waals surface area contributed by atoms with E-state index in [2.05, 4.69) is 21.9 Å². The molecule has 0 aliphatic heterocycles. The van der Waals surface area contributed by atoms with Crippen LogP contribution in [-0.4, -0.2) is 30.1 Å². The summed E-state index contributed by atoms with van der Waals surface area (Å²) in [4.78, 5) is 4.38. The zero-order valence-corrected chi connectivity index (χ0v) is 13.9. The van der Waals surface area contributed by atoms with Crippen molar-refractivity contribution in [3.63, 3.8) is 0 Å². The van der Waals surface area contributed by atoms with Gasteiger partial charge in [-0.1, -0.05) is 0 Å². The number of benzene rings is 1. The number of guanidine groups is 1. The fraction of sp³-hybridized carbons (Fsp3) is 0.562. The van der Waals surface area contributed by atoms with Crippen LogP contribution in [0.3, 0.4) is 0 Å². The van der Waals surface area contributed by atoms with Crippen molar-refractivity contribution in [2.45, 2.75) is 44.0 Å². The van der Waals surface area contributed by atoms with Crippen LogP contribution in [0, 0.1) is 11.6 Å². The summed E-state index contributed by atoms with van der Waals surface area (Å²) in [5.74, 6) is -0.203. The number of hydrogen-bond acceptors (Lipinski definition) is 2. The molecule has 1 aromatic carbocycles. The third-order valence-electron chi connectivity index (χ3n) is 3.82. The van der Waals surface area contributed by atoms with Gasteiger partial charge in [0.05, 0.1) is 6.54 Å². The zero-order chi connectivity index (χ0) is 15.9. The topological polar surface area (TPSA) is 36.4 Å². The van der Waals surface area contributed by atoms with E-state index in [-0.39, 0.29) is 12.1 Å². The Balaban J connectivity index is 1.99. The normalized spacial score (nSPS) is 21.9. The maximum Gasteiger partial charge on any atom is 0.191 e. The van der Waals surface area contributed by atoms with Gasteiger partial charge in [0.25, 0.3) is 0 Å². The predicted molar refractivity (Wildman–Crippen MR) is 89.3 cm³/mol. The summed E-state index contributed by atoms with van der Waals surface area (Å²) in [7, 11) is 0. The number of nitrogens with zero attached hydrogens (tertiary/aromatic N) is 1. The van der Waals surface area contributed by atoms with Gasteiger partial charge in [0.15, 0.2) is 5.96 Å². The maximum absolute atomic E-state index is 13.6. The second kappa shape index (κ2) is 8.36. The summed E-state index contributed by atoms with van der Waals surface area (Å²) in [5.41, 5.74) is 0.269. The first-order valence-corrected chi connectivity index (χ1v) is 8.92. The van der Waals surface area contributed by atoms with Crippen LogP contribution in [0.25, 0.3) is 0 Å². The largest absolute Gasteiger partial charge is 0.357 e. The monoisotopic (exact) mass is 327 g/mol. The molecule has 1 aromatic rings. The number of nitrogens with one attached hydrogen (secondary N) is 2. The van der Waals surface area contributed by atoms with Gasteiger partial charge in [0.2, 0.25) is 0 Å². The standard InChI is InChI=1S/C16H23F2N3S/c1-3-19-16(21-13-5-6-14(9-13)22-2)20-10-11-8-12(17)4-7-15(11)18/h4,7-8,13-14H,3,5-6,9-10H2,1-2H3,(H2,19,20,21). The second-order valence-electron chi connectivity index (χ2n) is 5.44. The van der Waals surface area contributed by atoms with E-state index in [1.54, 1.807) is 0 Å². The van der Waals surface area contributed by atoms with Gasteiger partial charge in [0, 0.05) is 23.4 Å². The van der Waals surface area contributed by atoms with Crippen molar-refractivity contribution < 1.29 is 8.78 Å². The molecule has 1 aliphatic rings. The van der Waals surface area contributed by atoms with Crippen molar-refractivity contribution in [3.8, 4) is 0 Å². The van der Waals surface area contributed by atoms with Crippen molar-refractivity contribution in [3.05, 3.63) is 35.4 Å². The first-order valence-electron chi connectivity index (χ1n) is 7.64. The zero-order valence-electron chi connectivity index (χ0n) is 13.0. The van der Waals surface area contributed by atoms with Gasteiger partial charge in [-0.05, 0) is 50.6 Å². The summed E-state index contributed by atoms with van der Waals surface area (Å²) in [6.07, 6.45) is 5.57. The van der Waals surface area contributed by atoms with Gasteiger partial charge < -0.3 is 10.6 Å². The molecular weight excluding hydrogens is 304 g/mol. The molecule has 1 fully saturated rings. The van der Waals surface area contributed by atoms with E-state index in [1.165, 1.54) is 12.5 Å².